The number of benzene rings is 2. The summed E-state index contributed by atoms with van der Waals surface area (Å²) in [6.07, 6.45) is 0. The van der Waals surface area contributed by atoms with Gasteiger partial charge in [-0.25, -0.2) is 0 Å². The van der Waals surface area contributed by atoms with E-state index < -0.39 is 5.97 Å². The zero-order valence-corrected chi connectivity index (χ0v) is 10.5. The summed E-state index contributed by atoms with van der Waals surface area (Å²) in [6.45, 7) is 3.05. The second-order valence-corrected chi connectivity index (χ2v) is 3.91. The van der Waals surface area contributed by atoms with E-state index in [2.05, 4.69) is 16.2 Å². The molecule has 2 aromatic carbocycles. The van der Waals surface area contributed by atoms with Crippen LogP contribution in [0.3, 0.4) is 0 Å². The normalized spacial score (nSPS) is 9.68. The summed E-state index contributed by atoms with van der Waals surface area (Å²) < 4.78 is 4.38. The molecule has 94 valence electrons. The molecular weight excluding hydrogens is 238 g/mol. The van der Waals surface area contributed by atoms with Crippen LogP contribution in [0, 0.1) is 0 Å². The SMILES string of the molecule is C=[O+]C(=O)CN=C(c1ccccc1)c1ccccc1. The van der Waals surface area contributed by atoms with E-state index in [1.807, 2.05) is 60.7 Å². The fourth-order valence-electron chi connectivity index (χ4n) is 1.73. The lowest BCUT2D eigenvalue weighted by Gasteiger charge is -2.05. The second-order valence-electron chi connectivity index (χ2n) is 3.91. The van der Waals surface area contributed by atoms with Crippen LogP contribution in [0.2, 0.25) is 0 Å². The van der Waals surface area contributed by atoms with Gasteiger partial charge in [0.25, 0.3) is 0 Å². The first-order valence-electron chi connectivity index (χ1n) is 5.91. The minimum atomic E-state index is -0.454. The fraction of sp³-hybridized carbons (Fsp3) is 0.0625. The maximum Gasteiger partial charge on any atom is 0.600 e. The van der Waals surface area contributed by atoms with Gasteiger partial charge in [0.1, 0.15) is 0 Å². The molecule has 0 fully saturated rings. The van der Waals surface area contributed by atoms with Crippen LogP contribution >= 0.6 is 0 Å². The van der Waals surface area contributed by atoms with Gasteiger partial charge < -0.3 is 0 Å². The van der Waals surface area contributed by atoms with E-state index in [9.17, 15) is 4.79 Å². The highest BCUT2D eigenvalue weighted by molar-refractivity contribution is 6.13. The van der Waals surface area contributed by atoms with Crippen LogP contribution in [0.1, 0.15) is 11.1 Å². The van der Waals surface area contributed by atoms with Crippen LogP contribution in [-0.4, -0.2) is 25.0 Å². The largest absolute Gasteiger partial charge is 0.600 e. The molecule has 3 nitrogen and oxygen atoms in total. The Morgan fingerprint density at radius 3 is 1.84 bits per heavy atom. The monoisotopic (exact) mass is 252 g/mol. The van der Waals surface area contributed by atoms with Gasteiger partial charge in [0.05, 0.1) is 10.5 Å². The van der Waals surface area contributed by atoms with Gasteiger partial charge in [-0.3, -0.25) is 9.42 Å². The maximum atomic E-state index is 11.2. The van der Waals surface area contributed by atoms with Crippen LogP contribution in [-0.2, 0) is 9.22 Å². The zero-order chi connectivity index (χ0) is 13.5. The lowest BCUT2D eigenvalue weighted by molar-refractivity contribution is -0.366. The topological polar surface area (TPSA) is 40.7 Å². The van der Waals surface area contributed by atoms with Crippen molar-refractivity contribution in [2.75, 3.05) is 6.54 Å². The van der Waals surface area contributed by atoms with Gasteiger partial charge in [-0.2, -0.15) is 0 Å². The van der Waals surface area contributed by atoms with Crippen molar-refractivity contribution in [3.63, 3.8) is 0 Å². The summed E-state index contributed by atoms with van der Waals surface area (Å²) in [5.41, 5.74) is 2.70. The van der Waals surface area contributed by atoms with Crippen LogP contribution in [0.5, 0.6) is 0 Å². The highest BCUT2D eigenvalue weighted by Gasteiger charge is 2.12. The second kappa shape index (κ2) is 6.40. The lowest BCUT2D eigenvalue weighted by Crippen LogP contribution is -2.08. The minimum absolute atomic E-state index is 0.0391. The van der Waals surface area contributed by atoms with Crippen molar-refractivity contribution >= 4 is 18.5 Å². The summed E-state index contributed by atoms with van der Waals surface area (Å²) in [5.74, 6) is -0.454. The van der Waals surface area contributed by atoms with E-state index in [4.69, 9.17) is 0 Å². The number of carbonyl (C=O) groups is 1. The van der Waals surface area contributed by atoms with E-state index in [1.165, 1.54) is 0 Å². The number of rotatable bonds is 4. The van der Waals surface area contributed by atoms with Crippen molar-refractivity contribution in [1.29, 1.82) is 0 Å². The van der Waals surface area contributed by atoms with Gasteiger partial charge in [-0.1, -0.05) is 60.7 Å². The molecule has 0 aliphatic carbocycles. The van der Waals surface area contributed by atoms with E-state index in [0.29, 0.717) is 0 Å². The van der Waals surface area contributed by atoms with Crippen molar-refractivity contribution < 1.29 is 9.22 Å². The highest BCUT2D eigenvalue weighted by Crippen LogP contribution is 2.10. The van der Waals surface area contributed by atoms with E-state index in [-0.39, 0.29) is 6.54 Å². The van der Waals surface area contributed by atoms with Gasteiger partial charge in [0.15, 0.2) is 6.79 Å². The third kappa shape index (κ3) is 3.45. The third-order valence-electron chi connectivity index (χ3n) is 2.62. The molecule has 0 aliphatic rings. The molecule has 0 spiro atoms. The van der Waals surface area contributed by atoms with Gasteiger partial charge in [-0.05, 0) is 0 Å². The maximum absolute atomic E-state index is 11.2. The quantitative estimate of drug-likeness (QED) is 0.608. The average molecular weight is 252 g/mol. The first kappa shape index (κ1) is 12.9. The molecule has 2 rings (SSSR count). The molecule has 0 atom stereocenters. The summed E-state index contributed by atoms with van der Waals surface area (Å²) in [6, 6.07) is 19.5. The molecule has 0 saturated heterocycles. The molecule has 0 heterocycles. The summed E-state index contributed by atoms with van der Waals surface area (Å²) in [5, 5.41) is 0. The smallest absolute Gasteiger partial charge is 0.287 e. The van der Waals surface area contributed by atoms with Gasteiger partial charge >= 0.3 is 5.97 Å². The number of hydrogen-bond donors (Lipinski definition) is 0. The minimum Gasteiger partial charge on any atom is -0.287 e. The van der Waals surface area contributed by atoms with Crippen molar-refractivity contribution in [2.24, 2.45) is 4.99 Å². The molecule has 19 heavy (non-hydrogen) atoms. The first-order valence-corrected chi connectivity index (χ1v) is 5.91. The van der Waals surface area contributed by atoms with Gasteiger partial charge in [0.2, 0.25) is 6.54 Å². The van der Waals surface area contributed by atoms with Crippen molar-refractivity contribution in [2.45, 2.75) is 0 Å². The summed E-state index contributed by atoms with van der Waals surface area (Å²) in [7, 11) is 0. The Labute approximate surface area is 111 Å². The molecule has 0 aliphatic heterocycles. The molecule has 2 aromatic rings. The van der Waals surface area contributed by atoms with Crippen LogP contribution in [0.15, 0.2) is 65.7 Å². The van der Waals surface area contributed by atoms with E-state index in [1.54, 1.807) is 0 Å². The molecule has 0 saturated carbocycles. The molecule has 0 radical (unpaired) electrons. The average Bonchev–Trinajstić information content (AvgIpc) is 2.49. The van der Waals surface area contributed by atoms with Crippen LogP contribution < -0.4 is 0 Å². The number of aliphatic imine (C=N–C) groups is 1. The Morgan fingerprint density at radius 1 is 0.947 bits per heavy atom. The van der Waals surface area contributed by atoms with Crippen molar-refractivity contribution in [3.8, 4) is 0 Å². The van der Waals surface area contributed by atoms with Crippen LogP contribution in [0.25, 0.3) is 0 Å². The predicted octanol–water partition coefficient (Wildman–Crippen LogP) is 2.42. The Balaban J connectivity index is 2.40. The number of carbonyl (C=O) groups excluding carboxylic acids is 2. The molecular formula is C16H14NO2+. The van der Waals surface area contributed by atoms with Gasteiger partial charge in [-0.15, -0.1) is 0 Å². The molecule has 0 bridgehead atoms. The van der Waals surface area contributed by atoms with E-state index >= 15 is 0 Å². The van der Waals surface area contributed by atoms with Gasteiger partial charge in [0, 0.05) is 11.1 Å². The Morgan fingerprint density at radius 2 is 1.42 bits per heavy atom. The first-order chi connectivity index (χ1) is 9.31. The molecule has 0 N–H and O–H groups in total. The Bertz CT molecular complexity index is 547. The summed E-state index contributed by atoms with van der Waals surface area (Å²) >= 11 is 0. The Hall–Kier alpha value is -2.55. The molecule has 3 heteroatoms. The summed E-state index contributed by atoms with van der Waals surface area (Å²) in [4.78, 5) is 15.5. The number of nitrogens with zero attached hydrogens (tertiary/aromatic N) is 1. The predicted molar refractivity (Wildman–Crippen MR) is 75.5 cm³/mol. The van der Waals surface area contributed by atoms with Crippen molar-refractivity contribution in [3.05, 3.63) is 71.8 Å². The van der Waals surface area contributed by atoms with Crippen LogP contribution in [0.4, 0.5) is 0 Å². The molecule has 0 amide bonds. The van der Waals surface area contributed by atoms with Crippen molar-refractivity contribution in [1.82, 2.24) is 0 Å². The Kier molecular flexibility index (Phi) is 4.34. The third-order valence-corrected chi connectivity index (χ3v) is 2.62. The van der Waals surface area contributed by atoms with E-state index in [0.717, 1.165) is 16.8 Å². The zero-order valence-electron chi connectivity index (χ0n) is 10.5. The highest BCUT2D eigenvalue weighted by atomic mass is 16.4. The lowest BCUT2D eigenvalue weighted by atomic mass is 10.0. The molecule has 0 unspecified atom stereocenters. The fourth-order valence-corrected chi connectivity index (χ4v) is 1.73. The standard InChI is InChI=1S/C16H14NO2/c1-19-15(18)12-17-16(13-8-4-2-5-9-13)14-10-6-3-7-11-14/h2-11H,1,12H2/q+1. The molecule has 0 aromatic heterocycles. The number of hydrogen-bond acceptors (Lipinski definition) is 2.